The maximum Gasteiger partial charge on any atom is 0.130 e. The first-order valence-electron chi connectivity index (χ1n) is 6.96. The topological polar surface area (TPSA) is 38.7 Å². The quantitative estimate of drug-likeness (QED) is 0.664. The lowest BCUT2D eigenvalue weighted by Crippen LogP contribution is -1.96. The molecule has 0 unspecified atom stereocenters. The SMILES string of the molecule is Cc1cc(F)c(CSc2ccc(-c3ccccn3)nn2)c(F)c1. The zero-order chi connectivity index (χ0) is 16.2. The molecule has 0 atom stereocenters. The van der Waals surface area contributed by atoms with Crippen LogP contribution in [0.4, 0.5) is 8.78 Å². The van der Waals surface area contributed by atoms with Crippen molar-refractivity contribution in [3.8, 4) is 11.4 Å². The van der Waals surface area contributed by atoms with Gasteiger partial charge in [0.25, 0.3) is 0 Å². The van der Waals surface area contributed by atoms with E-state index in [0.717, 1.165) is 5.69 Å². The number of pyridine rings is 1. The van der Waals surface area contributed by atoms with Crippen molar-refractivity contribution in [3.63, 3.8) is 0 Å². The summed E-state index contributed by atoms with van der Waals surface area (Å²) in [7, 11) is 0. The van der Waals surface area contributed by atoms with Crippen LogP contribution in [-0.2, 0) is 5.75 Å². The first kappa shape index (κ1) is 15.6. The highest BCUT2D eigenvalue weighted by atomic mass is 32.2. The van der Waals surface area contributed by atoms with Gasteiger partial charge in [0.15, 0.2) is 0 Å². The van der Waals surface area contributed by atoms with Gasteiger partial charge in [0.05, 0.1) is 5.69 Å². The van der Waals surface area contributed by atoms with Crippen LogP contribution < -0.4 is 0 Å². The van der Waals surface area contributed by atoms with Gasteiger partial charge >= 0.3 is 0 Å². The number of halogens is 2. The zero-order valence-electron chi connectivity index (χ0n) is 12.3. The second kappa shape index (κ2) is 6.83. The van der Waals surface area contributed by atoms with Crippen LogP contribution in [0.2, 0.25) is 0 Å². The largest absolute Gasteiger partial charge is 0.255 e. The predicted molar refractivity (Wildman–Crippen MR) is 85.9 cm³/mol. The van der Waals surface area contributed by atoms with Gasteiger partial charge in [0, 0.05) is 17.5 Å². The highest BCUT2D eigenvalue weighted by Gasteiger charge is 2.11. The molecule has 3 aromatic rings. The average molecular weight is 329 g/mol. The van der Waals surface area contributed by atoms with Crippen LogP contribution in [0.1, 0.15) is 11.1 Å². The standard InChI is InChI=1S/C17H13F2N3S/c1-11-8-13(18)12(14(19)9-11)10-23-17-6-5-16(21-22-17)15-4-2-3-7-20-15/h2-9H,10H2,1H3. The number of hydrogen-bond acceptors (Lipinski definition) is 4. The lowest BCUT2D eigenvalue weighted by atomic mass is 10.1. The molecule has 6 heteroatoms. The molecule has 116 valence electrons. The second-order valence-electron chi connectivity index (χ2n) is 4.97. The fourth-order valence-corrected chi connectivity index (χ4v) is 2.89. The molecule has 2 heterocycles. The molecule has 0 N–H and O–H groups in total. The molecule has 0 aliphatic rings. The number of aromatic nitrogens is 3. The summed E-state index contributed by atoms with van der Waals surface area (Å²) in [5.74, 6) is -0.906. The van der Waals surface area contributed by atoms with Gasteiger partial charge in [0.2, 0.25) is 0 Å². The third-order valence-corrected chi connectivity index (χ3v) is 4.16. The maximum absolute atomic E-state index is 13.8. The Balaban J connectivity index is 1.72. The molecule has 1 aromatic carbocycles. The van der Waals surface area contributed by atoms with E-state index in [2.05, 4.69) is 15.2 Å². The van der Waals surface area contributed by atoms with Gasteiger partial charge in [-0.1, -0.05) is 17.8 Å². The van der Waals surface area contributed by atoms with Crippen molar-refractivity contribution in [2.45, 2.75) is 17.7 Å². The summed E-state index contributed by atoms with van der Waals surface area (Å²) in [6, 6.07) is 11.8. The van der Waals surface area contributed by atoms with E-state index >= 15 is 0 Å². The molecule has 0 aliphatic carbocycles. The molecule has 2 aromatic heterocycles. The van der Waals surface area contributed by atoms with E-state index in [4.69, 9.17) is 0 Å². The summed E-state index contributed by atoms with van der Waals surface area (Å²) in [5.41, 5.74) is 2.00. The van der Waals surface area contributed by atoms with E-state index in [1.54, 1.807) is 25.3 Å². The van der Waals surface area contributed by atoms with E-state index in [1.807, 2.05) is 18.2 Å². The fourth-order valence-electron chi connectivity index (χ4n) is 2.06. The minimum Gasteiger partial charge on any atom is -0.255 e. The molecular formula is C17H13F2N3S. The first-order valence-corrected chi connectivity index (χ1v) is 7.94. The number of nitrogens with zero attached hydrogens (tertiary/aromatic N) is 3. The highest BCUT2D eigenvalue weighted by molar-refractivity contribution is 7.98. The van der Waals surface area contributed by atoms with Crippen molar-refractivity contribution < 1.29 is 8.78 Å². The Morgan fingerprint density at radius 2 is 1.74 bits per heavy atom. The summed E-state index contributed by atoms with van der Waals surface area (Å²) in [4.78, 5) is 4.20. The lowest BCUT2D eigenvalue weighted by Gasteiger charge is -2.06. The molecule has 0 aliphatic heterocycles. The number of thioether (sulfide) groups is 1. The van der Waals surface area contributed by atoms with Gasteiger partial charge < -0.3 is 0 Å². The molecule has 3 rings (SSSR count). The third kappa shape index (κ3) is 3.71. The number of benzene rings is 1. The number of rotatable bonds is 4. The summed E-state index contributed by atoms with van der Waals surface area (Å²) in [6.45, 7) is 1.66. The zero-order valence-corrected chi connectivity index (χ0v) is 13.1. The van der Waals surface area contributed by atoms with E-state index in [9.17, 15) is 8.78 Å². The number of aryl methyl sites for hydroxylation is 1. The smallest absolute Gasteiger partial charge is 0.130 e. The minimum absolute atomic E-state index is 0.0520. The van der Waals surface area contributed by atoms with Gasteiger partial charge in [-0.05, 0) is 48.9 Å². The normalized spacial score (nSPS) is 10.7. The fraction of sp³-hybridized carbons (Fsp3) is 0.118. The molecule has 23 heavy (non-hydrogen) atoms. The monoisotopic (exact) mass is 329 g/mol. The van der Waals surface area contributed by atoms with Crippen molar-refractivity contribution in [2.24, 2.45) is 0 Å². The summed E-state index contributed by atoms with van der Waals surface area (Å²) in [5, 5.41) is 8.78. The van der Waals surface area contributed by atoms with Crippen LogP contribution in [-0.4, -0.2) is 15.2 Å². The molecule has 0 fully saturated rings. The summed E-state index contributed by atoms with van der Waals surface area (Å²) >= 11 is 1.24. The molecule has 3 nitrogen and oxygen atoms in total. The van der Waals surface area contributed by atoms with E-state index < -0.39 is 11.6 Å². The van der Waals surface area contributed by atoms with Gasteiger partial charge in [-0.2, -0.15) is 0 Å². The molecule has 0 bridgehead atoms. The van der Waals surface area contributed by atoms with Gasteiger partial charge in [-0.3, -0.25) is 4.98 Å². The van der Waals surface area contributed by atoms with Crippen LogP contribution in [0.5, 0.6) is 0 Å². The van der Waals surface area contributed by atoms with Gasteiger partial charge in [-0.15, -0.1) is 10.2 Å². The Kier molecular flexibility index (Phi) is 4.62. The lowest BCUT2D eigenvalue weighted by molar-refractivity contribution is 0.564. The van der Waals surface area contributed by atoms with Crippen molar-refractivity contribution in [1.29, 1.82) is 0 Å². The molecule has 0 radical (unpaired) electrons. The van der Waals surface area contributed by atoms with Gasteiger partial charge in [-0.25, -0.2) is 8.78 Å². The Labute approximate surface area is 136 Å². The van der Waals surface area contributed by atoms with Crippen LogP contribution in [0.25, 0.3) is 11.4 Å². The van der Waals surface area contributed by atoms with E-state index in [-0.39, 0.29) is 11.3 Å². The minimum atomic E-state index is -0.534. The third-order valence-electron chi connectivity index (χ3n) is 3.22. The maximum atomic E-state index is 13.8. The Morgan fingerprint density at radius 1 is 0.957 bits per heavy atom. The predicted octanol–water partition coefficient (Wildman–Crippen LogP) is 4.42. The van der Waals surface area contributed by atoms with Crippen molar-refractivity contribution in [3.05, 3.63) is 71.4 Å². The van der Waals surface area contributed by atoms with Crippen LogP contribution >= 0.6 is 11.8 Å². The second-order valence-corrected chi connectivity index (χ2v) is 5.96. The average Bonchev–Trinajstić information content (AvgIpc) is 2.55. The number of hydrogen-bond donors (Lipinski definition) is 0. The molecule has 0 spiro atoms. The Morgan fingerprint density at radius 3 is 2.35 bits per heavy atom. The Bertz CT molecular complexity index is 785. The first-order chi connectivity index (χ1) is 11.1. The van der Waals surface area contributed by atoms with Crippen molar-refractivity contribution in [1.82, 2.24) is 15.2 Å². The Hall–Kier alpha value is -2.34. The van der Waals surface area contributed by atoms with Crippen LogP contribution in [0.15, 0.2) is 53.7 Å². The highest BCUT2D eigenvalue weighted by Crippen LogP contribution is 2.25. The molecule has 0 saturated carbocycles. The van der Waals surface area contributed by atoms with Gasteiger partial charge in [0.1, 0.15) is 22.4 Å². The van der Waals surface area contributed by atoms with E-state index in [1.165, 1.54) is 23.9 Å². The van der Waals surface area contributed by atoms with Crippen LogP contribution in [0.3, 0.4) is 0 Å². The van der Waals surface area contributed by atoms with Crippen molar-refractivity contribution >= 4 is 11.8 Å². The molecule has 0 saturated heterocycles. The summed E-state index contributed by atoms with van der Waals surface area (Å²) in [6.07, 6.45) is 1.68. The molecule has 0 amide bonds. The van der Waals surface area contributed by atoms with Crippen LogP contribution in [0, 0.1) is 18.6 Å². The van der Waals surface area contributed by atoms with E-state index in [0.29, 0.717) is 16.3 Å². The summed E-state index contributed by atoms with van der Waals surface area (Å²) < 4.78 is 27.6. The van der Waals surface area contributed by atoms with Crippen molar-refractivity contribution in [2.75, 3.05) is 0 Å². The molecular weight excluding hydrogens is 316 g/mol.